The van der Waals surface area contributed by atoms with Crippen LogP contribution in [-0.4, -0.2) is 14.8 Å². The highest BCUT2D eigenvalue weighted by atomic mass is 15.3. The molecule has 0 bridgehead atoms. The smallest absolute Gasteiger partial charge is 0.154 e. The average molecular weight is 162 g/mol. The van der Waals surface area contributed by atoms with E-state index < -0.39 is 0 Å². The Labute approximate surface area is 70.8 Å². The van der Waals surface area contributed by atoms with E-state index >= 15 is 0 Å². The lowest BCUT2D eigenvalue weighted by Crippen LogP contribution is -1.97. The maximum Gasteiger partial charge on any atom is 0.154 e. The Morgan fingerprint density at radius 2 is 2.42 bits per heavy atom. The third kappa shape index (κ3) is 1.18. The summed E-state index contributed by atoms with van der Waals surface area (Å²) in [6.07, 6.45) is 2.77. The predicted octanol–water partition coefficient (Wildman–Crippen LogP) is 0.759. The maximum absolute atomic E-state index is 8.48. The lowest BCUT2D eigenvalue weighted by Gasteiger charge is -1.89. The van der Waals surface area contributed by atoms with Crippen LogP contribution in [0.4, 0.5) is 0 Å². The van der Waals surface area contributed by atoms with Crippen molar-refractivity contribution in [2.75, 3.05) is 0 Å². The zero-order valence-corrected chi connectivity index (χ0v) is 6.99. The van der Waals surface area contributed by atoms with Crippen LogP contribution in [0.3, 0.4) is 0 Å². The zero-order chi connectivity index (χ0) is 8.55. The van der Waals surface area contributed by atoms with Gasteiger partial charge in [0.1, 0.15) is 5.82 Å². The van der Waals surface area contributed by atoms with Gasteiger partial charge in [-0.1, -0.05) is 0 Å². The van der Waals surface area contributed by atoms with Crippen molar-refractivity contribution >= 4 is 0 Å². The Balaban J connectivity index is 2.25. The monoisotopic (exact) mass is 162 g/mol. The summed E-state index contributed by atoms with van der Waals surface area (Å²) in [5, 5.41) is 12.7. The van der Waals surface area contributed by atoms with Crippen molar-refractivity contribution in [3.05, 3.63) is 11.6 Å². The van der Waals surface area contributed by atoms with E-state index in [1.807, 2.05) is 7.05 Å². The number of nitrogens with zero attached hydrogens (tertiary/aromatic N) is 4. The lowest BCUT2D eigenvalue weighted by molar-refractivity contribution is 0.710. The molecule has 1 aliphatic rings. The molecule has 1 aromatic heterocycles. The first-order chi connectivity index (χ1) is 5.81. The van der Waals surface area contributed by atoms with Gasteiger partial charge in [-0.15, -0.1) is 0 Å². The van der Waals surface area contributed by atoms with Gasteiger partial charge in [-0.05, 0) is 12.8 Å². The number of nitriles is 1. The molecule has 0 spiro atoms. The second kappa shape index (κ2) is 2.59. The predicted molar refractivity (Wildman–Crippen MR) is 42.3 cm³/mol. The van der Waals surface area contributed by atoms with Gasteiger partial charge in [-0.2, -0.15) is 10.4 Å². The Morgan fingerprint density at radius 1 is 1.67 bits per heavy atom. The molecule has 0 unspecified atom stereocenters. The van der Waals surface area contributed by atoms with Gasteiger partial charge in [0.25, 0.3) is 0 Å². The number of rotatable bonds is 2. The van der Waals surface area contributed by atoms with Crippen LogP contribution in [0.25, 0.3) is 0 Å². The van der Waals surface area contributed by atoms with Gasteiger partial charge in [0.15, 0.2) is 5.82 Å². The quantitative estimate of drug-likeness (QED) is 0.645. The molecular weight excluding hydrogens is 152 g/mol. The third-order valence-corrected chi connectivity index (χ3v) is 2.05. The average Bonchev–Trinajstić information content (AvgIpc) is 2.80. The SMILES string of the molecule is Cn1nc(C2CC2)nc1CC#N. The highest BCUT2D eigenvalue weighted by Crippen LogP contribution is 2.37. The maximum atomic E-state index is 8.48. The number of hydrogen-bond donors (Lipinski definition) is 0. The van der Waals surface area contributed by atoms with Crippen molar-refractivity contribution < 1.29 is 0 Å². The van der Waals surface area contributed by atoms with Crippen LogP contribution in [-0.2, 0) is 13.5 Å². The van der Waals surface area contributed by atoms with Gasteiger partial charge in [-0.3, -0.25) is 4.68 Å². The Hall–Kier alpha value is -1.37. The van der Waals surface area contributed by atoms with Crippen LogP contribution < -0.4 is 0 Å². The van der Waals surface area contributed by atoms with E-state index in [9.17, 15) is 0 Å². The molecule has 1 fully saturated rings. The van der Waals surface area contributed by atoms with Crippen LogP contribution in [0.15, 0.2) is 0 Å². The van der Waals surface area contributed by atoms with Crippen molar-refractivity contribution in [1.29, 1.82) is 5.26 Å². The van der Waals surface area contributed by atoms with E-state index in [0.717, 1.165) is 11.6 Å². The summed E-state index contributed by atoms with van der Waals surface area (Å²) in [6.45, 7) is 0. The summed E-state index contributed by atoms with van der Waals surface area (Å²) in [4.78, 5) is 4.29. The number of aryl methyl sites for hydroxylation is 1. The molecule has 4 nitrogen and oxygen atoms in total. The fourth-order valence-corrected chi connectivity index (χ4v) is 1.18. The minimum absolute atomic E-state index is 0.357. The first-order valence-corrected chi connectivity index (χ1v) is 4.08. The standard InChI is InChI=1S/C8H10N4/c1-12-7(4-5-9)10-8(11-12)6-2-3-6/h6H,2-4H2,1H3. The topological polar surface area (TPSA) is 54.5 Å². The minimum atomic E-state index is 0.357. The first-order valence-electron chi connectivity index (χ1n) is 4.08. The normalized spacial score (nSPS) is 16.0. The largest absolute Gasteiger partial charge is 0.252 e. The van der Waals surface area contributed by atoms with Crippen LogP contribution in [0, 0.1) is 11.3 Å². The number of aromatic nitrogens is 3. The van der Waals surface area contributed by atoms with E-state index in [1.165, 1.54) is 12.8 Å². The Bertz CT molecular complexity index is 329. The van der Waals surface area contributed by atoms with Crippen LogP contribution in [0.5, 0.6) is 0 Å². The number of hydrogen-bond acceptors (Lipinski definition) is 3. The van der Waals surface area contributed by atoms with E-state index in [4.69, 9.17) is 5.26 Å². The second-order valence-corrected chi connectivity index (χ2v) is 3.12. The van der Waals surface area contributed by atoms with Gasteiger partial charge in [0, 0.05) is 13.0 Å². The van der Waals surface area contributed by atoms with Crippen molar-refractivity contribution in [2.24, 2.45) is 7.05 Å². The molecule has 0 amide bonds. The fraction of sp³-hybridized carbons (Fsp3) is 0.625. The van der Waals surface area contributed by atoms with Crippen molar-refractivity contribution in [3.8, 4) is 6.07 Å². The van der Waals surface area contributed by atoms with Crippen molar-refractivity contribution in [1.82, 2.24) is 14.8 Å². The molecule has 1 heterocycles. The molecule has 1 aromatic rings. The molecule has 2 rings (SSSR count). The molecular formula is C8H10N4. The molecule has 0 aromatic carbocycles. The summed E-state index contributed by atoms with van der Waals surface area (Å²) < 4.78 is 1.71. The van der Waals surface area contributed by atoms with E-state index in [2.05, 4.69) is 16.2 Å². The molecule has 1 saturated carbocycles. The Morgan fingerprint density at radius 3 is 3.00 bits per heavy atom. The van der Waals surface area contributed by atoms with E-state index in [0.29, 0.717) is 12.3 Å². The first kappa shape index (κ1) is 7.29. The van der Waals surface area contributed by atoms with Gasteiger partial charge >= 0.3 is 0 Å². The highest BCUT2D eigenvalue weighted by molar-refractivity contribution is 5.07. The van der Waals surface area contributed by atoms with Crippen molar-refractivity contribution in [2.45, 2.75) is 25.2 Å². The molecule has 1 aliphatic carbocycles. The fourth-order valence-electron chi connectivity index (χ4n) is 1.18. The minimum Gasteiger partial charge on any atom is -0.252 e. The van der Waals surface area contributed by atoms with Crippen LogP contribution in [0.1, 0.15) is 30.4 Å². The van der Waals surface area contributed by atoms with Crippen LogP contribution in [0.2, 0.25) is 0 Å². The summed E-state index contributed by atoms with van der Waals surface area (Å²) in [5.74, 6) is 2.27. The molecule has 0 saturated heterocycles. The van der Waals surface area contributed by atoms with Crippen LogP contribution >= 0.6 is 0 Å². The molecule has 62 valence electrons. The Kier molecular flexibility index (Phi) is 1.58. The highest BCUT2D eigenvalue weighted by Gasteiger charge is 2.28. The molecule has 0 radical (unpaired) electrons. The molecule has 0 aliphatic heterocycles. The van der Waals surface area contributed by atoms with Crippen molar-refractivity contribution in [3.63, 3.8) is 0 Å². The molecule has 0 N–H and O–H groups in total. The summed E-state index contributed by atoms with van der Waals surface area (Å²) in [6, 6.07) is 2.07. The van der Waals surface area contributed by atoms with Gasteiger partial charge in [-0.25, -0.2) is 4.98 Å². The van der Waals surface area contributed by atoms with E-state index in [-0.39, 0.29) is 0 Å². The summed E-state index contributed by atoms with van der Waals surface area (Å²) >= 11 is 0. The third-order valence-electron chi connectivity index (χ3n) is 2.05. The van der Waals surface area contributed by atoms with Gasteiger partial charge in [0.2, 0.25) is 0 Å². The molecule has 4 heteroatoms. The van der Waals surface area contributed by atoms with Gasteiger partial charge < -0.3 is 0 Å². The summed E-state index contributed by atoms with van der Waals surface area (Å²) in [7, 11) is 1.84. The summed E-state index contributed by atoms with van der Waals surface area (Å²) in [5.41, 5.74) is 0. The molecule has 12 heavy (non-hydrogen) atoms. The van der Waals surface area contributed by atoms with E-state index in [1.54, 1.807) is 4.68 Å². The lowest BCUT2D eigenvalue weighted by atomic mass is 10.4. The molecule has 0 atom stereocenters. The second-order valence-electron chi connectivity index (χ2n) is 3.12. The van der Waals surface area contributed by atoms with Gasteiger partial charge in [0.05, 0.1) is 12.5 Å². The zero-order valence-electron chi connectivity index (χ0n) is 6.99.